The fourth-order valence-corrected chi connectivity index (χ4v) is 7.95. The second kappa shape index (κ2) is 23.5. The van der Waals surface area contributed by atoms with E-state index in [0.29, 0.717) is 0 Å². The lowest BCUT2D eigenvalue weighted by molar-refractivity contribution is -0.355. The summed E-state index contributed by atoms with van der Waals surface area (Å²) in [5.74, 6) is -1.84. The Labute approximate surface area is 361 Å². The first-order chi connectivity index (χ1) is 29.7. The second-order valence-electron chi connectivity index (χ2n) is 14.7. The van der Waals surface area contributed by atoms with Crippen molar-refractivity contribution in [1.29, 1.82) is 0 Å². The molecule has 4 aromatic rings. The highest BCUT2D eigenvalue weighted by molar-refractivity contribution is 7.99. The predicted molar refractivity (Wildman–Crippen MR) is 225 cm³/mol. The van der Waals surface area contributed by atoms with E-state index >= 15 is 0 Å². The lowest BCUT2D eigenvalue weighted by atomic mass is 9.96. The smallest absolute Gasteiger partial charge is 0.303 e. The summed E-state index contributed by atoms with van der Waals surface area (Å²) in [5.41, 5.74) is 2.86. The van der Waals surface area contributed by atoms with Gasteiger partial charge in [0, 0.05) is 20.8 Å². The van der Waals surface area contributed by atoms with Gasteiger partial charge in [-0.3, -0.25) is 14.4 Å². The van der Waals surface area contributed by atoms with Gasteiger partial charge < -0.3 is 47.4 Å². The molecular formula is C47H54O13S. The van der Waals surface area contributed by atoms with E-state index in [0.717, 1.165) is 22.3 Å². The van der Waals surface area contributed by atoms with Crippen LogP contribution in [-0.4, -0.2) is 97.9 Å². The van der Waals surface area contributed by atoms with Crippen molar-refractivity contribution in [2.75, 3.05) is 19.5 Å². The zero-order chi connectivity index (χ0) is 43.0. The van der Waals surface area contributed by atoms with Crippen LogP contribution in [-0.2, 0) is 88.2 Å². The monoisotopic (exact) mass is 858 g/mol. The van der Waals surface area contributed by atoms with Crippen molar-refractivity contribution in [3.05, 3.63) is 144 Å². The molecular weight excluding hydrogens is 805 g/mol. The summed E-state index contributed by atoms with van der Waals surface area (Å²) in [4.78, 5) is 37.5. The Kier molecular flexibility index (Phi) is 17.7. The predicted octanol–water partition coefficient (Wildman–Crippen LogP) is 6.58. The van der Waals surface area contributed by atoms with Crippen LogP contribution in [0.25, 0.3) is 0 Å². The summed E-state index contributed by atoms with van der Waals surface area (Å²) >= 11 is 1.25. The molecule has 0 unspecified atom stereocenters. The first-order valence-corrected chi connectivity index (χ1v) is 21.5. The summed E-state index contributed by atoms with van der Waals surface area (Å²) in [7, 11) is 0. The van der Waals surface area contributed by atoms with Crippen LogP contribution >= 0.6 is 11.8 Å². The topological polar surface area (TPSA) is 144 Å². The molecule has 13 nitrogen and oxygen atoms in total. The van der Waals surface area contributed by atoms with Crippen LogP contribution in [0.2, 0.25) is 0 Å². The largest absolute Gasteiger partial charge is 0.463 e. The molecule has 4 aromatic carbocycles. The van der Waals surface area contributed by atoms with E-state index in [9.17, 15) is 14.4 Å². The Morgan fingerprint density at radius 2 is 0.934 bits per heavy atom. The number of carbonyl (C=O) groups excluding carboxylic acids is 3. The van der Waals surface area contributed by atoms with Gasteiger partial charge in [0.15, 0.2) is 18.5 Å². The quantitative estimate of drug-likeness (QED) is 0.0697. The number of rotatable bonds is 20. The Morgan fingerprint density at radius 3 is 1.41 bits per heavy atom. The highest BCUT2D eigenvalue weighted by atomic mass is 32.2. The lowest BCUT2D eigenvalue weighted by Crippen LogP contribution is -2.66. The standard InChI is InChI=1S/C47H54O13S/c1-31(48)52-30-39-41(56-32(2)49)43(45(57-33(3)50)47(59-39)61-4)60-46-44(55-28-37-23-15-8-16-24-37)42(54-27-36-21-13-7-14-22-36)40(53-26-35-19-11-6-12-20-35)38(58-46)29-51-25-34-17-9-5-10-18-34/h5-24,38-47H,25-30H2,1-4H3/t38-,39-,40+,41+,42+,43+,44-,45-,46-,47+/m1/s1. The van der Waals surface area contributed by atoms with Gasteiger partial charge in [-0.25, -0.2) is 0 Å². The average molecular weight is 859 g/mol. The third kappa shape index (κ3) is 13.7. The van der Waals surface area contributed by atoms with Crippen LogP contribution in [0.3, 0.4) is 0 Å². The van der Waals surface area contributed by atoms with Crippen LogP contribution in [0.15, 0.2) is 121 Å². The first kappa shape index (κ1) is 45.9. The Morgan fingerprint density at radius 1 is 0.492 bits per heavy atom. The molecule has 0 saturated carbocycles. The van der Waals surface area contributed by atoms with Gasteiger partial charge in [0.25, 0.3) is 0 Å². The van der Waals surface area contributed by atoms with Crippen molar-refractivity contribution in [2.24, 2.45) is 0 Å². The molecule has 6 rings (SSSR count). The molecule has 2 heterocycles. The van der Waals surface area contributed by atoms with Gasteiger partial charge in [0.1, 0.15) is 48.7 Å². The van der Waals surface area contributed by atoms with Crippen molar-refractivity contribution >= 4 is 29.7 Å². The molecule has 2 aliphatic heterocycles. The minimum atomic E-state index is -1.26. The number of benzene rings is 4. The molecule has 2 saturated heterocycles. The second-order valence-corrected chi connectivity index (χ2v) is 15.6. The molecule has 61 heavy (non-hydrogen) atoms. The van der Waals surface area contributed by atoms with E-state index in [-0.39, 0.29) is 39.6 Å². The minimum absolute atomic E-state index is 0.0574. The first-order valence-electron chi connectivity index (χ1n) is 20.2. The molecule has 0 aromatic heterocycles. The molecule has 14 heteroatoms. The van der Waals surface area contributed by atoms with Gasteiger partial charge >= 0.3 is 17.9 Å². The summed E-state index contributed by atoms with van der Waals surface area (Å²) in [5, 5.41) is 0. The van der Waals surface area contributed by atoms with Gasteiger partial charge in [0.05, 0.1) is 33.0 Å². The zero-order valence-electron chi connectivity index (χ0n) is 34.8. The maximum absolute atomic E-state index is 12.8. The van der Waals surface area contributed by atoms with Crippen molar-refractivity contribution < 1.29 is 61.8 Å². The summed E-state index contributed by atoms with van der Waals surface area (Å²) in [6.07, 6.45) is -7.46. The van der Waals surface area contributed by atoms with Gasteiger partial charge in [0.2, 0.25) is 0 Å². The molecule has 10 atom stereocenters. The van der Waals surface area contributed by atoms with E-state index in [4.69, 9.17) is 47.4 Å². The van der Waals surface area contributed by atoms with Gasteiger partial charge in [-0.2, -0.15) is 0 Å². The van der Waals surface area contributed by atoms with Crippen LogP contribution in [0, 0.1) is 0 Å². The van der Waals surface area contributed by atoms with E-state index in [2.05, 4.69) is 0 Å². The highest BCUT2D eigenvalue weighted by Crippen LogP contribution is 2.38. The molecule has 0 bridgehead atoms. The SMILES string of the molecule is CS[C@@H]1O[C@H](COC(C)=O)[C@H](OC(C)=O)[C@H](O[C@H]2O[C@H](COCc3ccccc3)[C@H](OCc3ccccc3)[C@H](OCc3ccccc3)[C@H]2OCc2ccccc2)[C@H]1OC(C)=O. The highest BCUT2D eigenvalue weighted by Gasteiger charge is 2.55. The molecule has 0 spiro atoms. The molecule has 0 amide bonds. The summed E-state index contributed by atoms with van der Waals surface area (Å²) < 4.78 is 64.2. The Hall–Kier alpha value is -4.64. The number of ether oxygens (including phenoxy) is 10. The van der Waals surface area contributed by atoms with E-state index in [1.807, 2.05) is 121 Å². The third-order valence-corrected chi connectivity index (χ3v) is 10.9. The fraction of sp³-hybridized carbons (Fsp3) is 0.426. The van der Waals surface area contributed by atoms with Gasteiger partial charge in [-0.1, -0.05) is 121 Å². The molecule has 2 fully saturated rings. The van der Waals surface area contributed by atoms with Crippen LogP contribution in [0.1, 0.15) is 43.0 Å². The van der Waals surface area contributed by atoms with Crippen molar-refractivity contribution in [2.45, 2.75) is 108 Å². The molecule has 0 N–H and O–H groups in total. The minimum Gasteiger partial charge on any atom is -0.463 e. The number of thioether (sulfide) groups is 1. The zero-order valence-corrected chi connectivity index (χ0v) is 35.6. The fourth-order valence-electron chi connectivity index (χ4n) is 7.22. The Bertz CT molecular complexity index is 1920. The summed E-state index contributed by atoms with van der Waals surface area (Å²) in [6.45, 7) is 4.40. The molecule has 2 aliphatic rings. The molecule has 326 valence electrons. The number of esters is 3. The number of carbonyl (C=O) groups is 3. The van der Waals surface area contributed by atoms with E-state index < -0.39 is 78.5 Å². The van der Waals surface area contributed by atoms with Crippen molar-refractivity contribution in [3.63, 3.8) is 0 Å². The maximum atomic E-state index is 12.8. The molecule has 0 aliphatic carbocycles. The summed E-state index contributed by atoms with van der Waals surface area (Å²) in [6, 6.07) is 38.9. The van der Waals surface area contributed by atoms with Crippen LogP contribution < -0.4 is 0 Å². The normalized spacial score (nSPS) is 26.2. The third-order valence-electron chi connectivity index (χ3n) is 10.0. The molecule has 0 radical (unpaired) electrons. The van der Waals surface area contributed by atoms with Crippen LogP contribution in [0.5, 0.6) is 0 Å². The average Bonchev–Trinajstić information content (AvgIpc) is 3.26. The Balaban J connectivity index is 1.42. The maximum Gasteiger partial charge on any atom is 0.303 e. The number of hydrogen-bond donors (Lipinski definition) is 0. The number of hydrogen-bond acceptors (Lipinski definition) is 14. The van der Waals surface area contributed by atoms with Gasteiger partial charge in [-0.15, -0.1) is 11.8 Å². The van der Waals surface area contributed by atoms with E-state index in [1.54, 1.807) is 6.26 Å². The van der Waals surface area contributed by atoms with Crippen LogP contribution in [0.4, 0.5) is 0 Å². The van der Waals surface area contributed by atoms with E-state index in [1.165, 1.54) is 32.5 Å². The van der Waals surface area contributed by atoms with Crippen molar-refractivity contribution in [3.8, 4) is 0 Å². The van der Waals surface area contributed by atoms with Crippen molar-refractivity contribution in [1.82, 2.24) is 0 Å². The lowest BCUT2D eigenvalue weighted by Gasteiger charge is -2.49. The van der Waals surface area contributed by atoms with Gasteiger partial charge in [-0.05, 0) is 28.5 Å².